The molecule has 0 unspecified atom stereocenters. The molecule has 4 aliphatic heterocycles. The third-order valence-corrected chi connectivity index (χ3v) is 10.9. The van der Waals surface area contributed by atoms with E-state index < -0.39 is 0 Å². The Kier molecular flexibility index (Phi) is 8.00. The number of Topliss-reactive ketones (excluding diaryl/α,β-unsaturated/α-hetero) is 1. The number of piperazine rings is 1. The van der Waals surface area contributed by atoms with E-state index in [-0.39, 0.29) is 11.7 Å². The summed E-state index contributed by atoms with van der Waals surface area (Å²) >= 11 is 0. The lowest BCUT2D eigenvalue weighted by Crippen LogP contribution is -2.55. The molecule has 0 radical (unpaired) electrons. The van der Waals surface area contributed by atoms with Crippen LogP contribution in [0.4, 0.5) is 5.82 Å². The highest BCUT2D eigenvalue weighted by Crippen LogP contribution is 2.40. The number of hydrogen-bond donors (Lipinski definition) is 2. The quantitative estimate of drug-likeness (QED) is 0.287. The van der Waals surface area contributed by atoms with Crippen LogP contribution in [0.2, 0.25) is 0 Å². The number of phenolic OH excluding ortho intramolecular Hbond substituents is 1. The largest absolute Gasteiger partial charge is 0.508 e. The molecule has 240 valence electrons. The molecule has 5 heterocycles. The summed E-state index contributed by atoms with van der Waals surface area (Å²) in [5.41, 5.74) is 2.81. The van der Waals surface area contributed by atoms with Gasteiger partial charge in [0, 0.05) is 42.5 Å². The van der Waals surface area contributed by atoms with Gasteiger partial charge in [0.25, 0.3) is 0 Å². The molecule has 2 N–H and O–H groups in total. The standard InChI is InChI=1S/C37H44N6O3/c1-41-16-4-6-29(41)23-46-37-39-34-18-26(33-19-30(44)17-25-5-2-3-7-31(25)33)8-11-32(34)36(40-37)43-27-9-10-28(43)21-42(20-27)22-35(45)24-12-14-38-15-13-24/h2-3,5,7-8,11,17-19,24,27-29,38,44H,4,6,9-10,12-16,20-23H2,1H3/t27-,28+,29-/m0/s1. The van der Waals surface area contributed by atoms with E-state index in [1.807, 2.05) is 30.3 Å². The van der Waals surface area contributed by atoms with Gasteiger partial charge >= 0.3 is 6.01 Å². The van der Waals surface area contributed by atoms with E-state index in [1.54, 1.807) is 0 Å². The predicted molar refractivity (Wildman–Crippen MR) is 182 cm³/mol. The molecule has 3 aromatic carbocycles. The number of benzene rings is 3. The molecule has 4 fully saturated rings. The van der Waals surface area contributed by atoms with Crippen molar-refractivity contribution in [1.29, 1.82) is 0 Å². The average Bonchev–Trinajstić information content (AvgIpc) is 3.61. The third-order valence-electron chi connectivity index (χ3n) is 10.9. The van der Waals surface area contributed by atoms with Gasteiger partial charge in [-0.1, -0.05) is 30.3 Å². The van der Waals surface area contributed by atoms with Gasteiger partial charge in [-0.25, -0.2) is 0 Å². The summed E-state index contributed by atoms with van der Waals surface area (Å²) in [4.78, 5) is 30.5. The zero-order valence-corrected chi connectivity index (χ0v) is 26.7. The van der Waals surface area contributed by atoms with Crippen molar-refractivity contribution in [3.63, 3.8) is 0 Å². The number of rotatable bonds is 8. The first-order chi connectivity index (χ1) is 22.5. The Morgan fingerprint density at radius 2 is 1.76 bits per heavy atom. The summed E-state index contributed by atoms with van der Waals surface area (Å²) in [6, 6.07) is 19.5. The molecule has 4 aromatic rings. The van der Waals surface area contributed by atoms with Crippen LogP contribution in [0.25, 0.3) is 32.8 Å². The van der Waals surface area contributed by atoms with Gasteiger partial charge in [0.15, 0.2) is 0 Å². The van der Waals surface area contributed by atoms with Crippen molar-refractivity contribution in [3.8, 4) is 22.9 Å². The Labute approximate surface area is 270 Å². The average molecular weight is 621 g/mol. The molecule has 0 aliphatic carbocycles. The number of hydrogen-bond acceptors (Lipinski definition) is 9. The third kappa shape index (κ3) is 5.69. The molecular weight excluding hydrogens is 576 g/mol. The zero-order chi connectivity index (χ0) is 31.2. The SMILES string of the molecule is CN1CCC[C@H]1COc1nc(N2[C@@H]3CC[C@H]2CN(CC(=O)C2CCNCC2)C3)c2ccc(-c3cc(O)cc4ccccc34)cc2n1. The molecule has 9 heteroatoms. The monoisotopic (exact) mass is 620 g/mol. The number of nitrogens with zero attached hydrogens (tertiary/aromatic N) is 5. The Morgan fingerprint density at radius 3 is 2.54 bits per heavy atom. The lowest BCUT2D eigenvalue weighted by Gasteiger charge is -2.42. The van der Waals surface area contributed by atoms with Crippen molar-refractivity contribution in [2.75, 3.05) is 57.8 Å². The number of fused-ring (bicyclic) bond motifs is 4. The number of carbonyl (C=O) groups excluding carboxylic acids is 1. The Balaban J connectivity index is 1.13. The maximum absolute atomic E-state index is 13.2. The first-order valence-electron chi connectivity index (χ1n) is 17.1. The predicted octanol–water partition coefficient (Wildman–Crippen LogP) is 4.85. The van der Waals surface area contributed by atoms with Gasteiger partial charge in [0.05, 0.1) is 12.1 Å². The molecule has 0 saturated carbocycles. The molecule has 1 aromatic heterocycles. The molecule has 9 nitrogen and oxygen atoms in total. The lowest BCUT2D eigenvalue weighted by atomic mass is 9.93. The number of aromatic hydroxyl groups is 1. The van der Waals surface area contributed by atoms with E-state index in [0.717, 1.165) is 103 Å². The number of ketones is 1. The summed E-state index contributed by atoms with van der Waals surface area (Å²) in [7, 11) is 2.16. The van der Waals surface area contributed by atoms with Gasteiger partial charge in [-0.05, 0) is 111 Å². The van der Waals surface area contributed by atoms with Gasteiger partial charge in [0.2, 0.25) is 0 Å². The van der Waals surface area contributed by atoms with Crippen molar-refractivity contribution in [3.05, 3.63) is 54.6 Å². The van der Waals surface area contributed by atoms with E-state index in [9.17, 15) is 9.90 Å². The molecule has 0 amide bonds. The number of ether oxygens (including phenoxy) is 1. The molecule has 8 rings (SSSR count). The minimum atomic E-state index is 0.194. The first-order valence-corrected chi connectivity index (χ1v) is 17.1. The van der Waals surface area contributed by atoms with Crippen molar-refractivity contribution in [2.45, 2.75) is 56.7 Å². The van der Waals surface area contributed by atoms with Crippen LogP contribution in [0.15, 0.2) is 54.6 Å². The summed E-state index contributed by atoms with van der Waals surface area (Å²) in [5.74, 6) is 1.78. The first kappa shape index (κ1) is 29.6. The second-order valence-electron chi connectivity index (χ2n) is 13.8. The van der Waals surface area contributed by atoms with E-state index in [2.05, 4.69) is 51.3 Å². The fourth-order valence-corrected chi connectivity index (χ4v) is 8.37. The minimum absolute atomic E-state index is 0.194. The number of phenols is 1. The summed E-state index contributed by atoms with van der Waals surface area (Å²) in [6.07, 6.45) is 6.39. The van der Waals surface area contributed by atoms with Crippen LogP contribution < -0.4 is 15.0 Å². The Morgan fingerprint density at radius 1 is 0.957 bits per heavy atom. The van der Waals surface area contributed by atoms with Crippen LogP contribution in [-0.4, -0.2) is 102 Å². The Hall–Kier alpha value is -3.79. The molecular formula is C37H44N6O3. The number of likely N-dealkylation sites (tertiary alicyclic amines) is 2. The second-order valence-corrected chi connectivity index (χ2v) is 13.8. The molecule has 0 spiro atoms. The van der Waals surface area contributed by atoms with Crippen LogP contribution in [-0.2, 0) is 4.79 Å². The number of piperidine rings is 1. The van der Waals surface area contributed by atoms with Gasteiger partial charge in [0.1, 0.15) is 24.0 Å². The molecule has 4 saturated heterocycles. The number of aromatic nitrogens is 2. The number of nitrogens with one attached hydrogen (secondary N) is 1. The molecule has 3 atom stereocenters. The maximum Gasteiger partial charge on any atom is 0.319 e. The van der Waals surface area contributed by atoms with Crippen molar-refractivity contribution >= 4 is 33.3 Å². The van der Waals surface area contributed by atoms with Gasteiger partial charge in [-0.3, -0.25) is 9.69 Å². The second kappa shape index (κ2) is 12.4. The fourth-order valence-electron chi connectivity index (χ4n) is 8.37. The highest BCUT2D eigenvalue weighted by Gasteiger charge is 2.42. The van der Waals surface area contributed by atoms with E-state index >= 15 is 0 Å². The zero-order valence-electron chi connectivity index (χ0n) is 26.7. The van der Waals surface area contributed by atoms with Gasteiger partial charge < -0.3 is 25.0 Å². The summed E-state index contributed by atoms with van der Waals surface area (Å²) in [6.45, 7) is 5.84. The van der Waals surface area contributed by atoms with Gasteiger partial charge in [-0.15, -0.1) is 0 Å². The van der Waals surface area contributed by atoms with Crippen LogP contribution in [0.3, 0.4) is 0 Å². The molecule has 46 heavy (non-hydrogen) atoms. The summed E-state index contributed by atoms with van der Waals surface area (Å²) in [5, 5.41) is 17.0. The molecule has 4 aliphatic rings. The van der Waals surface area contributed by atoms with Crippen LogP contribution in [0.1, 0.15) is 38.5 Å². The van der Waals surface area contributed by atoms with Crippen LogP contribution in [0, 0.1) is 5.92 Å². The van der Waals surface area contributed by atoms with Crippen LogP contribution >= 0.6 is 0 Å². The van der Waals surface area contributed by atoms with Crippen LogP contribution in [0.5, 0.6) is 11.8 Å². The summed E-state index contributed by atoms with van der Waals surface area (Å²) < 4.78 is 6.38. The van der Waals surface area contributed by atoms with Crippen molar-refractivity contribution < 1.29 is 14.6 Å². The highest BCUT2D eigenvalue weighted by molar-refractivity contribution is 6.01. The number of likely N-dealkylation sites (N-methyl/N-ethyl adjacent to an activating group) is 1. The fraction of sp³-hybridized carbons (Fsp3) is 0.486. The van der Waals surface area contributed by atoms with E-state index in [0.29, 0.717) is 43.1 Å². The maximum atomic E-state index is 13.2. The van der Waals surface area contributed by atoms with Gasteiger partial charge in [-0.2, -0.15) is 9.97 Å². The molecule has 2 bridgehead atoms. The normalized spacial score (nSPS) is 24.3. The minimum Gasteiger partial charge on any atom is -0.508 e. The van der Waals surface area contributed by atoms with Crippen molar-refractivity contribution in [2.24, 2.45) is 5.92 Å². The van der Waals surface area contributed by atoms with Crippen molar-refractivity contribution in [1.82, 2.24) is 25.1 Å². The topological polar surface area (TPSA) is 94.1 Å². The lowest BCUT2D eigenvalue weighted by molar-refractivity contribution is -0.125. The highest BCUT2D eigenvalue weighted by atomic mass is 16.5. The smallest absolute Gasteiger partial charge is 0.319 e. The number of anilines is 1. The van der Waals surface area contributed by atoms with E-state index in [1.165, 1.54) is 6.42 Å². The van der Waals surface area contributed by atoms with E-state index in [4.69, 9.17) is 14.7 Å². The number of carbonyl (C=O) groups is 1. The Bertz CT molecular complexity index is 1740.